The van der Waals surface area contributed by atoms with Crippen LogP contribution in [0.5, 0.6) is 0 Å². The summed E-state index contributed by atoms with van der Waals surface area (Å²) in [5, 5.41) is 2.45. The van der Waals surface area contributed by atoms with Crippen molar-refractivity contribution in [2.24, 2.45) is 0 Å². The molecular formula is C5H12N2O3S. The molecule has 0 aliphatic heterocycles. The third-order valence-electron chi connectivity index (χ3n) is 0.669. The second kappa shape index (κ2) is 3.68. The molecule has 0 heterocycles. The first-order valence-corrected chi connectivity index (χ1v) is 4.11. The highest BCUT2D eigenvalue weighted by molar-refractivity contribution is 7.77. The van der Waals surface area contributed by atoms with Crippen molar-refractivity contribution < 1.29 is 13.6 Å². The second-order valence-electron chi connectivity index (χ2n) is 3.06. The lowest BCUT2D eigenvalue weighted by molar-refractivity contribution is 0.237. The van der Waals surface area contributed by atoms with Gasteiger partial charge in [-0.1, -0.05) is 0 Å². The van der Waals surface area contributed by atoms with E-state index in [1.807, 2.05) is 0 Å². The molecule has 0 saturated carbocycles. The molecule has 5 nitrogen and oxygen atoms in total. The summed E-state index contributed by atoms with van der Waals surface area (Å²) in [6.45, 7) is 5.31. The van der Waals surface area contributed by atoms with Gasteiger partial charge in [0, 0.05) is 5.54 Å². The van der Waals surface area contributed by atoms with E-state index < -0.39 is 22.8 Å². The molecule has 0 aromatic rings. The highest BCUT2D eigenvalue weighted by atomic mass is 32.2. The van der Waals surface area contributed by atoms with Crippen LogP contribution < -0.4 is 10.0 Å². The second-order valence-corrected chi connectivity index (χ2v) is 3.76. The van der Waals surface area contributed by atoms with E-state index in [-0.39, 0.29) is 0 Å². The smallest absolute Gasteiger partial charge is 0.328 e. The number of urea groups is 1. The Morgan fingerprint density at radius 3 is 2.18 bits per heavy atom. The first kappa shape index (κ1) is 10.4. The molecule has 1 atom stereocenters. The zero-order valence-corrected chi connectivity index (χ0v) is 7.49. The minimum absolute atomic E-state index is 0.399. The van der Waals surface area contributed by atoms with Crippen LogP contribution in [-0.4, -0.2) is 20.3 Å². The monoisotopic (exact) mass is 180 g/mol. The molecule has 0 aromatic heterocycles. The number of rotatable bonds is 1. The van der Waals surface area contributed by atoms with Crippen molar-refractivity contribution in [2.75, 3.05) is 0 Å². The normalized spacial score (nSPS) is 13.8. The molecule has 0 aromatic carbocycles. The predicted molar refractivity (Wildman–Crippen MR) is 42.2 cm³/mol. The van der Waals surface area contributed by atoms with Crippen LogP contribution in [-0.2, 0) is 11.3 Å². The maximum Gasteiger partial charge on any atom is 0.328 e. The van der Waals surface area contributed by atoms with Gasteiger partial charge in [0.1, 0.15) is 0 Å². The molecule has 0 aliphatic carbocycles. The van der Waals surface area contributed by atoms with E-state index in [0.29, 0.717) is 0 Å². The highest BCUT2D eigenvalue weighted by Gasteiger charge is 2.13. The highest BCUT2D eigenvalue weighted by Crippen LogP contribution is 1.97. The standard InChI is InChI=1S/C5H12N2O3S/c1-5(2,3)6-4(8)7-11(9)10/h1-3H3,(H,9,10)(H2,6,7,8). The van der Waals surface area contributed by atoms with Gasteiger partial charge in [-0.3, -0.25) is 4.55 Å². The summed E-state index contributed by atoms with van der Waals surface area (Å²) in [5.41, 5.74) is -0.399. The molecule has 2 amide bonds. The summed E-state index contributed by atoms with van der Waals surface area (Å²) in [6.07, 6.45) is 0. The van der Waals surface area contributed by atoms with E-state index in [0.717, 1.165) is 0 Å². The lowest BCUT2D eigenvalue weighted by atomic mass is 10.1. The summed E-state index contributed by atoms with van der Waals surface area (Å²) in [7, 11) is 0. The van der Waals surface area contributed by atoms with Gasteiger partial charge in [0.25, 0.3) is 11.3 Å². The zero-order valence-electron chi connectivity index (χ0n) is 6.67. The number of nitrogens with one attached hydrogen (secondary N) is 2. The SMILES string of the molecule is CC(C)(C)NC(=O)NS(=O)O. The molecule has 0 saturated heterocycles. The number of hydrogen-bond acceptors (Lipinski definition) is 2. The predicted octanol–water partition coefficient (Wildman–Crippen LogP) is 0.221. The van der Waals surface area contributed by atoms with Crippen molar-refractivity contribution in [3.8, 4) is 0 Å². The Labute approximate surface area is 68.0 Å². The van der Waals surface area contributed by atoms with Crippen molar-refractivity contribution in [1.29, 1.82) is 0 Å². The molecule has 0 rings (SSSR count). The third-order valence-corrected chi connectivity index (χ3v) is 1.03. The molecule has 0 fully saturated rings. The number of carbonyl (C=O) groups excluding carboxylic acids is 1. The Kier molecular flexibility index (Phi) is 3.47. The van der Waals surface area contributed by atoms with Crippen LogP contribution in [0.15, 0.2) is 0 Å². The number of carbonyl (C=O) groups is 1. The summed E-state index contributed by atoms with van der Waals surface area (Å²) < 4.78 is 20.0. The van der Waals surface area contributed by atoms with E-state index >= 15 is 0 Å². The maximum absolute atomic E-state index is 10.7. The van der Waals surface area contributed by atoms with E-state index in [1.54, 1.807) is 25.5 Å². The summed E-state index contributed by atoms with van der Waals surface area (Å²) in [6, 6.07) is -0.654. The lowest BCUT2D eigenvalue weighted by Crippen LogP contribution is -2.46. The van der Waals surface area contributed by atoms with Crippen LogP contribution in [0.1, 0.15) is 20.8 Å². The Morgan fingerprint density at radius 1 is 1.45 bits per heavy atom. The van der Waals surface area contributed by atoms with E-state index in [9.17, 15) is 9.00 Å². The fourth-order valence-electron chi connectivity index (χ4n) is 0.445. The van der Waals surface area contributed by atoms with Crippen molar-refractivity contribution >= 4 is 17.3 Å². The topological polar surface area (TPSA) is 78.4 Å². The van der Waals surface area contributed by atoms with Crippen LogP contribution in [0, 0.1) is 0 Å². The first-order valence-electron chi connectivity index (χ1n) is 3.01. The van der Waals surface area contributed by atoms with E-state index in [2.05, 4.69) is 5.32 Å². The number of amides is 2. The summed E-state index contributed by atoms with van der Waals surface area (Å²) in [5.74, 6) is 0. The van der Waals surface area contributed by atoms with Gasteiger partial charge >= 0.3 is 6.03 Å². The van der Waals surface area contributed by atoms with Gasteiger partial charge < -0.3 is 5.32 Å². The molecule has 0 aliphatic rings. The van der Waals surface area contributed by atoms with Gasteiger partial charge in [-0.05, 0) is 20.8 Å². The minimum atomic E-state index is -2.29. The van der Waals surface area contributed by atoms with E-state index in [1.165, 1.54) is 0 Å². The fraction of sp³-hybridized carbons (Fsp3) is 0.800. The van der Waals surface area contributed by atoms with Crippen molar-refractivity contribution in [3.63, 3.8) is 0 Å². The van der Waals surface area contributed by atoms with Crippen LogP contribution in [0.25, 0.3) is 0 Å². The number of hydrogen-bond donors (Lipinski definition) is 3. The van der Waals surface area contributed by atoms with Gasteiger partial charge in [-0.15, -0.1) is 0 Å². The van der Waals surface area contributed by atoms with Crippen molar-refractivity contribution in [1.82, 2.24) is 10.0 Å². The molecule has 66 valence electrons. The molecule has 3 N–H and O–H groups in total. The lowest BCUT2D eigenvalue weighted by Gasteiger charge is -2.19. The Bertz CT molecular complexity index is 175. The molecule has 0 spiro atoms. The first-order chi connectivity index (χ1) is 4.81. The largest absolute Gasteiger partial charge is 0.333 e. The average molecular weight is 180 g/mol. The van der Waals surface area contributed by atoms with Crippen LogP contribution in [0.4, 0.5) is 4.79 Å². The third kappa shape index (κ3) is 7.27. The molecule has 0 bridgehead atoms. The quantitative estimate of drug-likeness (QED) is 0.505. The molecule has 1 unspecified atom stereocenters. The van der Waals surface area contributed by atoms with Crippen LogP contribution >= 0.6 is 0 Å². The molecule has 6 heteroatoms. The zero-order chi connectivity index (χ0) is 9.07. The Morgan fingerprint density at radius 2 is 1.91 bits per heavy atom. The van der Waals surface area contributed by atoms with Gasteiger partial charge in [-0.25, -0.2) is 13.7 Å². The summed E-state index contributed by atoms with van der Waals surface area (Å²) >= 11 is -2.29. The van der Waals surface area contributed by atoms with Crippen molar-refractivity contribution in [3.05, 3.63) is 0 Å². The van der Waals surface area contributed by atoms with Crippen molar-refractivity contribution in [2.45, 2.75) is 26.3 Å². The van der Waals surface area contributed by atoms with Gasteiger partial charge in [0.05, 0.1) is 0 Å². The Hall–Kier alpha value is -0.620. The maximum atomic E-state index is 10.7. The van der Waals surface area contributed by atoms with Gasteiger partial charge in [0.2, 0.25) is 0 Å². The average Bonchev–Trinajstić information content (AvgIpc) is 1.53. The summed E-state index contributed by atoms with van der Waals surface area (Å²) in [4.78, 5) is 10.7. The van der Waals surface area contributed by atoms with Crippen LogP contribution in [0.3, 0.4) is 0 Å². The van der Waals surface area contributed by atoms with Gasteiger partial charge in [-0.2, -0.15) is 0 Å². The Balaban J connectivity index is 3.80. The minimum Gasteiger partial charge on any atom is -0.333 e. The molecular weight excluding hydrogens is 168 g/mol. The van der Waals surface area contributed by atoms with Crippen LogP contribution in [0.2, 0.25) is 0 Å². The molecule has 0 radical (unpaired) electrons. The van der Waals surface area contributed by atoms with E-state index in [4.69, 9.17) is 4.55 Å². The molecule has 11 heavy (non-hydrogen) atoms. The van der Waals surface area contributed by atoms with Gasteiger partial charge in [0.15, 0.2) is 0 Å². The fourth-order valence-corrected chi connectivity index (χ4v) is 0.655.